The Kier molecular flexibility index (Phi) is 3.74. The summed E-state index contributed by atoms with van der Waals surface area (Å²) in [5.41, 5.74) is 1.08. The molecule has 3 rings (SSSR count). The first kappa shape index (κ1) is 15.1. The smallest absolute Gasteiger partial charge is 0.367 e. The average Bonchev–Trinajstić information content (AvgIpc) is 2.45. The molecule has 22 heavy (non-hydrogen) atoms. The third-order valence-electron chi connectivity index (χ3n) is 4.45. The summed E-state index contributed by atoms with van der Waals surface area (Å²) in [7, 11) is 0. The number of anilines is 1. The van der Waals surface area contributed by atoms with E-state index in [9.17, 15) is 18.0 Å². The summed E-state index contributed by atoms with van der Waals surface area (Å²) >= 11 is 0. The molecule has 1 aromatic rings. The van der Waals surface area contributed by atoms with Gasteiger partial charge in [-0.15, -0.1) is 0 Å². The number of carbonyl (C=O) groups is 1. The summed E-state index contributed by atoms with van der Waals surface area (Å²) in [6.45, 7) is 0.916. The van der Waals surface area contributed by atoms with Crippen LogP contribution in [0, 0.1) is 0 Å². The fourth-order valence-corrected chi connectivity index (χ4v) is 3.19. The van der Waals surface area contributed by atoms with Crippen LogP contribution < -0.4 is 10.6 Å². The Bertz CT molecular complexity index is 588. The molecule has 3 atom stereocenters. The first-order chi connectivity index (χ1) is 10.3. The van der Waals surface area contributed by atoms with Crippen molar-refractivity contribution in [3.63, 3.8) is 0 Å². The van der Waals surface area contributed by atoms with E-state index >= 15 is 0 Å². The standard InChI is InChI=1S/C15H18F3N3O/c1-8(15(16,17)18)19-14(22)12-6-5-11-9-3-2-4-10(7-9)20-13(11)21-12/h5-6,8-10H,2-4,7H2,1H3,(H,19,22)(H,20,21)/t8-,9?,10+/m1/s1. The highest BCUT2D eigenvalue weighted by atomic mass is 19.4. The van der Waals surface area contributed by atoms with Crippen molar-refractivity contribution in [2.45, 2.75) is 56.8 Å². The Morgan fingerprint density at radius 2 is 2.18 bits per heavy atom. The molecule has 0 saturated heterocycles. The molecule has 0 spiro atoms. The van der Waals surface area contributed by atoms with Crippen molar-refractivity contribution in [1.29, 1.82) is 0 Å². The molecule has 1 saturated carbocycles. The van der Waals surface area contributed by atoms with Crippen molar-refractivity contribution in [2.24, 2.45) is 0 Å². The summed E-state index contributed by atoms with van der Waals surface area (Å²) in [4.78, 5) is 16.2. The molecule has 0 aromatic carbocycles. The maximum atomic E-state index is 12.5. The maximum absolute atomic E-state index is 12.5. The molecule has 7 heteroatoms. The Morgan fingerprint density at radius 1 is 1.41 bits per heavy atom. The first-order valence-corrected chi connectivity index (χ1v) is 7.49. The lowest BCUT2D eigenvalue weighted by molar-refractivity contribution is -0.149. The van der Waals surface area contributed by atoms with E-state index in [1.807, 2.05) is 11.4 Å². The van der Waals surface area contributed by atoms with Gasteiger partial charge in [-0.05, 0) is 43.7 Å². The van der Waals surface area contributed by atoms with Crippen molar-refractivity contribution >= 4 is 11.7 Å². The van der Waals surface area contributed by atoms with Crippen LogP contribution in [0.15, 0.2) is 12.1 Å². The van der Waals surface area contributed by atoms with Gasteiger partial charge in [-0.3, -0.25) is 4.79 Å². The van der Waals surface area contributed by atoms with E-state index < -0.39 is 18.1 Å². The average molecular weight is 313 g/mol. The van der Waals surface area contributed by atoms with E-state index in [-0.39, 0.29) is 5.69 Å². The molecule has 1 aromatic heterocycles. The first-order valence-electron chi connectivity index (χ1n) is 7.49. The van der Waals surface area contributed by atoms with Crippen molar-refractivity contribution in [3.05, 3.63) is 23.4 Å². The summed E-state index contributed by atoms with van der Waals surface area (Å²) < 4.78 is 37.5. The van der Waals surface area contributed by atoms with Crippen LogP contribution in [0.3, 0.4) is 0 Å². The summed E-state index contributed by atoms with van der Waals surface area (Å²) in [6, 6.07) is 1.78. The molecule has 1 aliphatic heterocycles. The van der Waals surface area contributed by atoms with Gasteiger partial charge in [0.15, 0.2) is 0 Å². The van der Waals surface area contributed by atoms with Crippen molar-refractivity contribution < 1.29 is 18.0 Å². The quantitative estimate of drug-likeness (QED) is 0.881. The summed E-state index contributed by atoms with van der Waals surface area (Å²) in [5, 5.41) is 5.23. The molecule has 2 bridgehead atoms. The third kappa shape index (κ3) is 2.89. The van der Waals surface area contributed by atoms with Crippen LogP contribution in [-0.2, 0) is 0 Å². The number of amides is 1. The zero-order valence-corrected chi connectivity index (χ0v) is 12.2. The van der Waals surface area contributed by atoms with Crippen LogP contribution in [0.4, 0.5) is 19.0 Å². The fraction of sp³-hybridized carbons (Fsp3) is 0.600. The monoisotopic (exact) mass is 313 g/mol. The fourth-order valence-electron chi connectivity index (χ4n) is 3.19. The molecule has 2 aliphatic rings. The maximum Gasteiger partial charge on any atom is 0.408 e. The highest BCUT2D eigenvalue weighted by molar-refractivity contribution is 5.93. The van der Waals surface area contributed by atoms with Gasteiger partial charge in [0.2, 0.25) is 0 Å². The zero-order chi connectivity index (χ0) is 15.9. The summed E-state index contributed by atoms with van der Waals surface area (Å²) in [5.74, 6) is 0.284. The van der Waals surface area contributed by atoms with Crippen LogP contribution in [-0.4, -0.2) is 29.2 Å². The Morgan fingerprint density at radius 3 is 2.91 bits per heavy atom. The molecule has 2 N–H and O–H groups in total. The minimum absolute atomic E-state index is 0.0160. The lowest BCUT2D eigenvalue weighted by Crippen LogP contribution is -2.43. The van der Waals surface area contributed by atoms with Gasteiger partial charge >= 0.3 is 6.18 Å². The molecule has 1 aliphatic carbocycles. The largest absolute Gasteiger partial charge is 0.408 e. The van der Waals surface area contributed by atoms with E-state index in [2.05, 4.69) is 10.3 Å². The van der Waals surface area contributed by atoms with Gasteiger partial charge in [-0.1, -0.05) is 12.5 Å². The number of carbonyl (C=O) groups excluding carboxylic acids is 1. The van der Waals surface area contributed by atoms with Crippen molar-refractivity contribution in [3.8, 4) is 0 Å². The number of alkyl halides is 3. The molecular weight excluding hydrogens is 295 g/mol. The normalized spacial score (nSPS) is 24.9. The third-order valence-corrected chi connectivity index (χ3v) is 4.45. The molecule has 1 amide bonds. The number of pyridine rings is 1. The number of halogens is 3. The van der Waals surface area contributed by atoms with E-state index in [1.54, 1.807) is 0 Å². The molecule has 4 nitrogen and oxygen atoms in total. The predicted molar refractivity (Wildman–Crippen MR) is 75.8 cm³/mol. The Labute approximate surface area is 126 Å². The highest BCUT2D eigenvalue weighted by Gasteiger charge is 2.37. The van der Waals surface area contributed by atoms with Crippen LogP contribution in [0.2, 0.25) is 0 Å². The molecule has 120 valence electrons. The molecule has 1 unspecified atom stereocenters. The SMILES string of the molecule is C[C@@H](NC(=O)c1ccc2c(n1)N[C@H]1CCCC2C1)C(F)(F)F. The number of nitrogens with one attached hydrogen (secondary N) is 2. The van der Waals surface area contributed by atoms with E-state index in [0.717, 1.165) is 38.2 Å². The molecule has 1 fully saturated rings. The number of fused-ring (bicyclic) bond motifs is 4. The second kappa shape index (κ2) is 5.44. The minimum Gasteiger partial charge on any atom is -0.367 e. The van der Waals surface area contributed by atoms with Crippen molar-refractivity contribution in [1.82, 2.24) is 10.3 Å². The van der Waals surface area contributed by atoms with E-state index in [1.165, 1.54) is 6.07 Å². The van der Waals surface area contributed by atoms with Gasteiger partial charge < -0.3 is 10.6 Å². The summed E-state index contributed by atoms with van der Waals surface area (Å²) in [6.07, 6.45) is -0.0692. The van der Waals surface area contributed by atoms with E-state index in [0.29, 0.717) is 17.8 Å². The second-order valence-electron chi connectivity index (χ2n) is 6.08. The number of hydrogen-bond acceptors (Lipinski definition) is 3. The lowest BCUT2D eigenvalue weighted by atomic mass is 9.79. The lowest BCUT2D eigenvalue weighted by Gasteiger charge is -2.36. The van der Waals surface area contributed by atoms with Gasteiger partial charge in [0.1, 0.15) is 17.6 Å². The minimum atomic E-state index is -4.46. The van der Waals surface area contributed by atoms with Gasteiger partial charge in [0, 0.05) is 6.04 Å². The molecular formula is C15H18F3N3O. The molecule has 2 heterocycles. The predicted octanol–water partition coefficient (Wildman–Crippen LogP) is 3.21. The Hall–Kier alpha value is -1.79. The van der Waals surface area contributed by atoms with Gasteiger partial charge in [0.25, 0.3) is 5.91 Å². The topological polar surface area (TPSA) is 54.0 Å². The Balaban J connectivity index is 1.79. The number of rotatable bonds is 2. The van der Waals surface area contributed by atoms with Gasteiger partial charge in [-0.2, -0.15) is 13.2 Å². The van der Waals surface area contributed by atoms with Crippen LogP contribution >= 0.6 is 0 Å². The second-order valence-corrected chi connectivity index (χ2v) is 6.08. The van der Waals surface area contributed by atoms with Crippen LogP contribution in [0.5, 0.6) is 0 Å². The van der Waals surface area contributed by atoms with Crippen LogP contribution in [0.1, 0.15) is 54.6 Å². The zero-order valence-electron chi connectivity index (χ0n) is 12.2. The highest BCUT2D eigenvalue weighted by Crippen LogP contribution is 2.41. The van der Waals surface area contributed by atoms with Crippen molar-refractivity contribution in [2.75, 3.05) is 5.32 Å². The van der Waals surface area contributed by atoms with Gasteiger partial charge in [0.05, 0.1) is 0 Å². The number of aromatic nitrogens is 1. The number of nitrogens with zero attached hydrogens (tertiary/aromatic N) is 1. The van der Waals surface area contributed by atoms with Gasteiger partial charge in [-0.25, -0.2) is 4.98 Å². The number of hydrogen-bond donors (Lipinski definition) is 2. The molecule has 0 radical (unpaired) electrons. The van der Waals surface area contributed by atoms with E-state index in [4.69, 9.17) is 0 Å². The van der Waals surface area contributed by atoms with Crippen LogP contribution in [0.25, 0.3) is 0 Å².